The standard InChI is InChI=1S/C31H50N/c1-3-5-6-7-8-9-10-11-12-13-14-15-16-23-29-32(28-4-2,30-24-19-17-20-25-30)31-26-21-18-22-27-31/h17-22,24-27H,3-16,23,28-29H2,1-2H3/q+1. The summed E-state index contributed by atoms with van der Waals surface area (Å²) >= 11 is 0. The summed E-state index contributed by atoms with van der Waals surface area (Å²) in [6, 6.07) is 22.4. The Labute approximate surface area is 199 Å². The van der Waals surface area contributed by atoms with Gasteiger partial charge in [0.15, 0.2) is 0 Å². The first-order chi connectivity index (χ1) is 15.8. The van der Waals surface area contributed by atoms with Gasteiger partial charge in [0.2, 0.25) is 0 Å². The maximum atomic E-state index is 2.33. The summed E-state index contributed by atoms with van der Waals surface area (Å²) in [4.78, 5) is 0. The van der Waals surface area contributed by atoms with E-state index >= 15 is 0 Å². The van der Waals surface area contributed by atoms with Gasteiger partial charge in [-0.05, 0) is 43.5 Å². The van der Waals surface area contributed by atoms with Gasteiger partial charge in [0, 0.05) is 0 Å². The van der Waals surface area contributed by atoms with Crippen LogP contribution < -0.4 is 4.48 Å². The first-order valence-electron chi connectivity index (χ1n) is 13.8. The number of unbranched alkanes of at least 4 members (excludes halogenated alkanes) is 13. The van der Waals surface area contributed by atoms with Crippen molar-refractivity contribution in [2.45, 2.75) is 110 Å². The zero-order valence-electron chi connectivity index (χ0n) is 21.2. The minimum Gasteiger partial charge on any atom is -0.259 e. The fourth-order valence-corrected chi connectivity index (χ4v) is 5.16. The van der Waals surface area contributed by atoms with Gasteiger partial charge in [0.05, 0.1) is 13.1 Å². The van der Waals surface area contributed by atoms with Crippen molar-refractivity contribution in [3.8, 4) is 0 Å². The monoisotopic (exact) mass is 436 g/mol. The first-order valence-corrected chi connectivity index (χ1v) is 13.8. The maximum absolute atomic E-state index is 2.33. The van der Waals surface area contributed by atoms with E-state index in [1.807, 2.05) is 0 Å². The van der Waals surface area contributed by atoms with Crippen molar-refractivity contribution in [1.29, 1.82) is 0 Å². The molecule has 0 bridgehead atoms. The van der Waals surface area contributed by atoms with Crippen LogP contribution in [0.15, 0.2) is 60.7 Å². The molecular weight excluding hydrogens is 386 g/mol. The molecule has 1 heteroatoms. The van der Waals surface area contributed by atoms with E-state index in [-0.39, 0.29) is 0 Å². The highest BCUT2D eigenvalue weighted by molar-refractivity contribution is 5.58. The van der Waals surface area contributed by atoms with Crippen molar-refractivity contribution in [2.24, 2.45) is 0 Å². The number of nitrogens with zero attached hydrogens (tertiary/aromatic N) is 1. The highest BCUT2D eigenvalue weighted by atomic mass is 15.4. The van der Waals surface area contributed by atoms with Gasteiger partial charge in [-0.1, -0.05) is 127 Å². The van der Waals surface area contributed by atoms with Crippen LogP contribution in [0.3, 0.4) is 0 Å². The van der Waals surface area contributed by atoms with Crippen molar-refractivity contribution in [2.75, 3.05) is 13.1 Å². The summed E-state index contributed by atoms with van der Waals surface area (Å²) in [6.45, 7) is 7.00. The van der Waals surface area contributed by atoms with Crippen LogP contribution in [0, 0.1) is 0 Å². The molecule has 0 heterocycles. The number of rotatable bonds is 19. The molecule has 0 aromatic heterocycles. The fourth-order valence-electron chi connectivity index (χ4n) is 5.16. The number of quaternary nitrogens is 1. The van der Waals surface area contributed by atoms with Crippen LogP contribution in [0.2, 0.25) is 0 Å². The van der Waals surface area contributed by atoms with E-state index < -0.39 is 0 Å². The normalized spacial score (nSPS) is 11.7. The van der Waals surface area contributed by atoms with Crippen LogP contribution in [0.1, 0.15) is 110 Å². The Morgan fingerprint density at radius 3 is 1.16 bits per heavy atom. The van der Waals surface area contributed by atoms with E-state index in [1.165, 1.54) is 121 Å². The minimum atomic E-state index is 0.996. The molecule has 0 spiro atoms. The second-order valence-corrected chi connectivity index (χ2v) is 9.68. The lowest BCUT2D eigenvalue weighted by molar-refractivity contribution is 0.365. The molecule has 0 radical (unpaired) electrons. The van der Waals surface area contributed by atoms with Crippen LogP contribution in [0.5, 0.6) is 0 Å². The molecule has 0 N–H and O–H groups in total. The van der Waals surface area contributed by atoms with Gasteiger partial charge in [-0.3, -0.25) is 4.48 Å². The van der Waals surface area contributed by atoms with Crippen LogP contribution >= 0.6 is 0 Å². The largest absolute Gasteiger partial charge is 0.259 e. The van der Waals surface area contributed by atoms with E-state index in [9.17, 15) is 0 Å². The van der Waals surface area contributed by atoms with Crippen LogP contribution in [0.25, 0.3) is 0 Å². The lowest BCUT2D eigenvalue weighted by atomic mass is 10.0. The zero-order valence-corrected chi connectivity index (χ0v) is 21.2. The fraction of sp³-hybridized carbons (Fsp3) is 0.613. The number of hydrogen-bond acceptors (Lipinski definition) is 0. The summed E-state index contributed by atoms with van der Waals surface area (Å²) < 4.78 is 0.996. The topological polar surface area (TPSA) is 0 Å². The molecule has 0 saturated carbocycles. The average molecular weight is 437 g/mol. The number of benzene rings is 2. The van der Waals surface area contributed by atoms with E-state index in [2.05, 4.69) is 74.5 Å². The van der Waals surface area contributed by atoms with Crippen LogP contribution in [0.4, 0.5) is 11.4 Å². The Balaban J connectivity index is 1.70. The van der Waals surface area contributed by atoms with E-state index in [0.29, 0.717) is 0 Å². The maximum Gasteiger partial charge on any atom is 0.137 e. The van der Waals surface area contributed by atoms with Gasteiger partial charge in [0.25, 0.3) is 0 Å². The Kier molecular flexibility index (Phi) is 14.1. The van der Waals surface area contributed by atoms with E-state index in [1.54, 1.807) is 0 Å². The molecule has 2 rings (SSSR count). The molecule has 0 unspecified atom stereocenters. The molecule has 32 heavy (non-hydrogen) atoms. The second kappa shape index (κ2) is 17.0. The van der Waals surface area contributed by atoms with Gasteiger partial charge in [-0.15, -0.1) is 0 Å². The van der Waals surface area contributed by atoms with Crippen molar-refractivity contribution < 1.29 is 0 Å². The molecule has 0 aliphatic carbocycles. The summed E-state index contributed by atoms with van der Waals surface area (Å²) in [6.07, 6.45) is 21.1. The molecule has 0 saturated heterocycles. The Morgan fingerprint density at radius 1 is 0.406 bits per heavy atom. The van der Waals surface area contributed by atoms with Crippen molar-refractivity contribution in [3.63, 3.8) is 0 Å². The van der Waals surface area contributed by atoms with Crippen molar-refractivity contribution in [1.82, 2.24) is 4.48 Å². The molecule has 0 atom stereocenters. The predicted molar refractivity (Wildman–Crippen MR) is 145 cm³/mol. The quantitative estimate of drug-likeness (QED) is 0.152. The molecule has 178 valence electrons. The predicted octanol–water partition coefficient (Wildman–Crippen LogP) is 10.2. The minimum absolute atomic E-state index is 0.996. The van der Waals surface area contributed by atoms with Gasteiger partial charge in [-0.2, -0.15) is 0 Å². The molecule has 0 aliphatic heterocycles. The molecule has 0 aliphatic rings. The second-order valence-electron chi connectivity index (χ2n) is 9.68. The molecule has 2 aromatic rings. The average Bonchev–Trinajstić information content (AvgIpc) is 2.84. The summed E-state index contributed by atoms with van der Waals surface area (Å²) in [7, 11) is 0. The van der Waals surface area contributed by atoms with Gasteiger partial charge in [0.1, 0.15) is 11.4 Å². The lowest BCUT2D eigenvalue weighted by Crippen LogP contribution is -2.45. The Morgan fingerprint density at radius 2 is 0.781 bits per heavy atom. The summed E-state index contributed by atoms with van der Waals surface area (Å²) in [5.41, 5.74) is 2.88. The molecule has 1 nitrogen and oxygen atoms in total. The smallest absolute Gasteiger partial charge is 0.137 e. The molecular formula is C31H50N+. The van der Waals surface area contributed by atoms with Crippen LogP contribution in [-0.2, 0) is 0 Å². The highest BCUT2D eigenvalue weighted by Gasteiger charge is 2.31. The third kappa shape index (κ3) is 9.49. The summed E-state index contributed by atoms with van der Waals surface area (Å²) in [5.74, 6) is 0. The molecule has 0 fully saturated rings. The Bertz CT molecular complexity index is 624. The zero-order chi connectivity index (χ0) is 22.7. The van der Waals surface area contributed by atoms with Crippen molar-refractivity contribution in [3.05, 3.63) is 60.7 Å². The molecule has 2 aromatic carbocycles. The SMILES string of the molecule is CCCCCCCCCCCCCCCC[N+](CCC)(c1ccccc1)c1ccccc1. The van der Waals surface area contributed by atoms with E-state index in [0.717, 1.165) is 4.48 Å². The van der Waals surface area contributed by atoms with Gasteiger partial charge < -0.3 is 0 Å². The lowest BCUT2D eigenvalue weighted by Gasteiger charge is -2.38. The highest BCUT2D eigenvalue weighted by Crippen LogP contribution is 2.35. The summed E-state index contributed by atoms with van der Waals surface area (Å²) in [5, 5.41) is 0. The third-order valence-electron chi connectivity index (χ3n) is 7.00. The van der Waals surface area contributed by atoms with E-state index in [4.69, 9.17) is 0 Å². The first kappa shape index (κ1) is 26.7. The molecule has 0 amide bonds. The van der Waals surface area contributed by atoms with Crippen molar-refractivity contribution >= 4 is 11.4 Å². The Hall–Kier alpha value is -1.60. The van der Waals surface area contributed by atoms with Gasteiger partial charge in [-0.25, -0.2) is 0 Å². The number of para-hydroxylation sites is 2. The third-order valence-corrected chi connectivity index (χ3v) is 7.00. The number of hydrogen-bond donors (Lipinski definition) is 0. The van der Waals surface area contributed by atoms with Crippen LogP contribution in [-0.4, -0.2) is 13.1 Å². The van der Waals surface area contributed by atoms with Gasteiger partial charge >= 0.3 is 0 Å².